The largest absolute Gasteiger partial charge is 0.494 e. The average molecular weight is 280 g/mol. The predicted octanol–water partition coefficient (Wildman–Crippen LogP) is 2.58. The van der Waals surface area contributed by atoms with Crippen LogP contribution in [0.5, 0.6) is 5.75 Å². The quantitative estimate of drug-likeness (QED) is 0.901. The molecule has 1 atom stereocenters. The molecule has 0 radical (unpaired) electrons. The molecular formula is C16H25FN2O. The van der Waals surface area contributed by atoms with Gasteiger partial charge >= 0.3 is 0 Å². The van der Waals surface area contributed by atoms with Crippen LogP contribution in [-0.4, -0.2) is 36.7 Å². The number of methoxy groups -OCH3 is 1. The van der Waals surface area contributed by atoms with Crippen LogP contribution in [0.3, 0.4) is 0 Å². The van der Waals surface area contributed by atoms with Crippen LogP contribution in [0.15, 0.2) is 18.2 Å². The van der Waals surface area contributed by atoms with Crippen LogP contribution >= 0.6 is 0 Å². The normalized spacial score (nSPS) is 18.2. The maximum Gasteiger partial charge on any atom is 0.168 e. The zero-order valence-corrected chi connectivity index (χ0v) is 12.7. The summed E-state index contributed by atoms with van der Waals surface area (Å²) in [5.74, 6) is -0.00338. The van der Waals surface area contributed by atoms with Crippen molar-refractivity contribution in [2.24, 2.45) is 5.73 Å². The third kappa shape index (κ3) is 2.96. The number of hydrogen-bond acceptors (Lipinski definition) is 3. The molecular weight excluding hydrogens is 255 g/mol. The molecule has 0 aromatic heterocycles. The Morgan fingerprint density at radius 2 is 2.00 bits per heavy atom. The Balaban J connectivity index is 2.12. The topological polar surface area (TPSA) is 38.5 Å². The molecule has 1 saturated heterocycles. The van der Waals surface area contributed by atoms with Crippen molar-refractivity contribution in [2.45, 2.75) is 44.7 Å². The molecule has 0 amide bonds. The molecule has 1 aromatic rings. The third-order valence-corrected chi connectivity index (χ3v) is 4.53. The number of likely N-dealkylation sites (tertiary alicyclic amines) is 1. The fourth-order valence-electron chi connectivity index (χ4n) is 2.89. The molecule has 0 bridgehead atoms. The summed E-state index contributed by atoms with van der Waals surface area (Å²) >= 11 is 0. The predicted molar refractivity (Wildman–Crippen MR) is 79.5 cm³/mol. The lowest BCUT2D eigenvalue weighted by Crippen LogP contribution is -2.56. The van der Waals surface area contributed by atoms with Gasteiger partial charge in [-0.15, -0.1) is 0 Å². The first-order valence-corrected chi connectivity index (χ1v) is 7.29. The Morgan fingerprint density at radius 1 is 1.35 bits per heavy atom. The van der Waals surface area contributed by atoms with Gasteiger partial charge in [0.05, 0.1) is 7.11 Å². The summed E-state index contributed by atoms with van der Waals surface area (Å²) in [6.07, 6.45) is 2.97. The number of halogens is 1. The van der Waals surface area contributed by atoms with Crippen LogP contribution in [-0.2, 0) is 6.42 Å². The van der Waals surface area contributed by atoms with E-state index in [1.54, 1.807) is 12.1 Å². The monoisotopic (exact) mass is 280 g/mol. The van der Waals surface area contributed by atoms with Crippen molar-refractivity contribution in [1.82, 2.24) is 4.90 Å². The van der Waals surface area contributed by atoms with Gasteiger partial charge in [0.2, 0.25) is 0 Å². The maximum atomic E-state index is 14.2. The second kappa shape index (κ2) is 6.10. The van der Waals surface area contributed by atoms with Crippen molar-refractivity contribution in [1.29, 1.82) is 0 Å². The summed E-state index contributed by atoms with van der Waals surface area (Å²) < 4.78 is 19.2. The van der Waals surface area contributed by atoms with E-state index in [0.717, 1.165) is 13.1 Å². The van der Waals surface area contributed by atoms with Gasteiger partial charge in [0.15, 0.2) is 11.6 Å². The Bertz CT molecular complexity index is 456. The van der Waals surface area contributed by atoms with Crippen molar-refractivity contribution >= 4 is 0 Å². The molecule has 0 spiro atoms. The van der Waals surface area contributed by atoms with Gasteiger partial charge in [0, 0.05) is 11.6 Å². The number of ether oxygens (including phenoxy) is 1. The number of benzene rings is 1. The molecule has 4 heteroatoms. The standard InChI is InChI=1S/C16H25FN2O/c1-16(2,19-9-4-5-10-19)14(18)11-12-7-6-8-13(20-3)15(12)17/h6-8,14H,4-5,9-11,18H2,1-3H3. The highest BCUT2D eigenvalue weighted by Crippen LogP contribution is 2.27. The number of nitrogens with zero attached hydrogens (tertiary/aromatic N) is 1. The van der Waals surface area contributed by atoms with E-state index in [9.17, 15) is 4.39 Å². The van der Waals surface area contributed by atoms with Crippen molar-refractivity contribution in [3.63, 3.8) is 0 Å². The van der Waals surface area contributed by atoms with Crippen LogP contribution in [0.4, 0.5) is 4.39 Å². The minimum atomic E-state index is -0.289. The third-order valence-electron chi connectivity index (χ3n) is 4.53. The summed E-state index contributed by atoms with van der Waals surface area (Å²) in [6, 6.07) is 5.13. The first-order chi connectivity index (χ1) is 9.46. The minimum Gasteiger partial charge on any atom is -0.494 e. The molecule has 2 N–H and O–H groups in total. The number of nitrogens with two attached hydrogens (primary N) is 1. The van der Waals surface area contributed by atoms with E-state index in [1.807, 2.05) is 6.07 Å². The number of rotatable bonds is 5. The summed E-state index contributed by atoms with van der Waals surface area (Å²) in [7, 11) is 1.48. The fourth-order valence-corrected chi connectivity index (χ4v) is 2.89. The first-order valence-electron chi connectivity index (χ1n) is 7.29. The molecule has 1 unspecified atom stereocenters. The lowest BCUT2D eigenvalue weighted by Gasteiger charge is -2.40. The highest BCUT2D eigenvalue weighted by molar-refractivity contribution is 5.31. The van der Waals surface area contributed by atoms with E-state index in [1.165, 1.54) is 20.0 Å². The summed E-state index contributed by atoms with van der Waals surface area (Å²) in [4.78, 5) is 2.41. The molecule has 0 aliphatic carbocycles. The van der Waals surface area contributed by atoms with Crippen molar-refractivity contribution in [2.75, 3.05) is 20.2 Å². The van der Waals surface area contributed by atoms with Gasteiger partial charge in [0.25, 0.3) is 0 Å². The van der Waals surface area contributed by atoms with Gasteiger partial charge in [-0.3, -0.25) is 4.90 Å². The minimum absolute atomic E-state index is 0.109. The lowest BCUT2D eigenvalue weighted by atomic mass is 9.88. The van der Waals surface area contributed by atoms with Gasteiger partial charge in [0.1, 0.15) is 0 Å². The molecule has 1 aliphatic rings. The van der Waals surface area contributed by atoms with E-state index >= 15 is 0 Å². The van der Waals surface area contributed by atoms with Gasteiger partial charge in [-0.1, -0.05) is 12.1 Å². The Labute approximate surface area is 120 Å². The van der Waals surface area contributed by atoms with Gasteiger partial charge in [-0.25, -0.2) is 4.39 Å². The molecule has 1 aliphatic heterocycles. The summed E-state index contributed by atoms with van der Waals surface area (Å²) in [5, 5.41) is 0. The molecule has 112 valence electrons. The van der Waals surface area contributed by atoms with E-state index < -0.39 is 0 Å². The van der Waals surface area contributed by atoms with E-state index in [2.05, 4.69) is 18.7 Å². The van der Waals surface area contributed by atoms with Gasteiger partial charge < -0.3 is 10.5 Å². The van der Waals surface area contributed by atoms with Gasteiger partial charge in [-0.2, -0.15) is 0 Å². The second-order valence-electron chi connectivity index (χ2n) is 6.09. The SMILES string of the molecule is COc1cccc(CC(N)C(C)(C)N2CCCC2)c1F. The van der Waals surface area contributed by atoms with Crippen LogP contribution < -0.4 is 10.5 Å². The molecule has 1 aromatic carbocycles. The van der Waals surface area contributed by atoms with Crippen LogP contribution in [0.25, 0.3) is 0 Å². The van der Waals surface area contributed by atoms with Crippen LogP contribution in [0.2, 0.25) is 0 Å². The Hall–Kier alpha value is -1.13. The first kappa shape index (κ1) is 15.3. The van der Waals surface area contributed by atoms with Crippen molar-refractivity contribution in [3.05, 3.63) is 29.6 Å². The van der Waals surface area contributed by atoms with E-state index in [0.29, 0.717) is 12.0 Å². The maximum absolute atomic E-state index is 14.2. The van der Waals surface area contributed by atoms with E-state index in [-0.39, 0.29) is 23.1 Å². The molecule has 2 rings (SSSR count). The smallest absolute Gasteiger partial charge is 0.168 e. The molecule has 0 saturated carbocycles. The Kier molecular flexibility index (Phi) is 4.66. The molecule has 1 heterocycles. The summed E-state index contributed by atoms with van der Waals surface area (Å²) in [6.45, 7) is 6.48. The van der Waals surface area contributed by atoms with Gasteiger partial charge in [-0.05, 0) is 57.8 Å². The highest BCUT2D eigenvalue weighted by Gasteiger charge is 2.35. The number of hydrogen-bond donors (Lipinski definition) is 1. The Morgan fingerprint density at radius 3 is 2.60 bits per heavy atom. The van der Waals surface area contributed by atoms with E-state index in [4.69, 9.17) is 10.5 Å². The van der Waals surface area contributed by atoms with Crippen LogP contribution in [0.1, 0.15) is 32.3 Å². The molecule has 3 nitrogen and oxygen atoms in total. The van der Waals surface area contributed by atoms with Crippen molar-refractivity contribution < 1.29 is 9.13 Å². The van der Waals surface area contributed by atoms with Crippen LogP contribution in [0, 0.1) is 5.82 Å². The second-order valence-corrected chi connectivity index (χ2v) is 6.09. The highest BCUT2D eigenvalue weighted by atomic mass is 19.1. The van der Waals surface area contributed by atoms with Crippen molar-refractivity contribution in [3.8, 4) is 5.75 Å². The fraction of sp³-hybridized carbons (Fsp3) is 0.625. The zero-order valence-electron chi connectivity index (χ0n) is 12.7. The zero-order chi connectivity index (χ0) is 14.8. The summed E-state index contributed by atoms with van der Waals surface area (Å²) in [5.41, 5.74) is 6.88. The average Bonchev–Trinajstić information content (AvgIpc) is 2.95. The molecule has 1 fully saturated rings. The lowest BCUT2D eigenvalue weighted by molar-refractivity contribution is 0.123. The molecule has 20 heavy (non-hydrogen) atoms.